The fraction of sp³-hybridized carbons (Fsp3) is 0.250. The second-order valence-electron chi connectivity index (χ2n) is 4.78. The molecule has 2 aromatic carbocycles. The largest absolute Gasteiger partial charge is 0.496 e. The Morgan fingerprint density at radius 3 is 2.55 bits per heavy atom. The van der Waals surface area contributed by atoms with E-state index in [9.17, 15) is 0 Å². The molecule has 2 nitrogen and oxygen atoms in total. The van der Waals surface area contributed by atoms with Crippen molar-refractivity contribution >= 4 is 31.9 Å². The average Bonchev–Trinajstić information content (AvgIpc) is 2.41. The lowest BCUT2D eigenvalue weighted by atomic mass is 9.96. The summed E-state index contributed by atoms with van der Waals surface area (Å²) in [6.45, 7) is 2.09. The number of methoxy groups -OCH3 is 1. The fourth-order valence-electron chi connectivity index (χ4n) is 2.21. The highest BCUT2D eigenvalue weighted by molar-refractivity contribution is 9.10. The summed E-state index contributed by atoms with van der Waals surface area (Å²) in [6.07, 6.45) is 0.792. The zero-order chi connectivity index (χ0) is 14.7. The molecule has 0 aliphatic heterocycles. The third-order valence-corrected chi connectivity index (χ3v) is 4.43. The minimum absolute atomic E-state index is 0.0206. The third kappa shape index (κ3) is 3.62. The van der Waals surface area contributed by atoms with Crippen molar-refractivity contribution in [3.05, 3.63) is 62.0 Å². The maximum absolute atomic E-state index is 6.35. The highest BCUT2D eigenvalue weighted by Gasteiger charge is 2.11. The molecule has 0 spiro atoms. The summed E-state index contributed by atoms with van der Waals surface area (Å²) in [4.78, 5) is 0. The summed E-state index contributed by atoms with van der Waals surface area (Å²) in [7, 11) is 1.66. The number of benzene rings is 2. The molecule has 1 unspecified atom stereocenters. The van der Waals surface area contributed by atoms with Crippen LogP contribution in [0, 0.1) is 6.92 Å². The molecule has 0 aromatic heterocycles. The molecule has 2 aromatic rings. The standard InChI is InChI=1S/C16H17Br2NO/c1-10-3-5-12(17)9-13(10)15(19)8-11-4-6-16(20-2)14(18)7-11/h3-7,9,15H,8,19H2,1-2H3. The van der Waals surface area contributed by atoms with Crippen molar-refractivity contribution in [3.63, 3.8) is 0 Å². The van der Waals surface area contributed by atoms with Gasteiger partial charge in [0.25, 0.3) is 0 Å². The van der Waals surface area contributed by atoms with Crippen molar-refractivity contribution in [3.8, 4) is 5.75 Å². The highest BCUT2D eigenvalue weighted by Crippen LogP contribution is 2.28. The molecule has 0 saturated heterocycles. The van der Waals surface area contributed by atoms with Gasteiger partial charge >= 0.3 is 0 Å². The summed E-state index contributed by atoms with van der Waals surface area (Å²) >= 11 is 7.01. The van der Waals surface area contributed by atoms with Crippen LogP contribution in [0.15, 0.2) is 45.3 Å². The molecule has 0 radical (unpaired) electrons. The Kier molecular flexibility index (Phi) is 5.24. The summed E-state index contributed by atoms with van der Waals surface area (Å²) in [6, 6.07) is 12.3. The van der Waals surface area contributed by atoms with Crippen molar-refractivity contribution in [2.45, 2.75) is 19.4 Å². The number of hydrogen-bond donors (Lipinski definition) is 1. The van der Waals surface area contributed by atoms with Crippen LogP contribution in [0.2, 0.25) is 0 Å². The molecular formula is C16H17Br2NO. The Hall–Kier alpha value is -0.840. The predicted octanol–water partition coefficient (Wildman–Crippen LogP) is 4.77. The average molecular weight is 399 g/mol. The molecule has 0 aliphatic rings. The van der Waals surface area contributed by atoms with E-state index in [4.69, 9.17) is 10.5 Å². The van der Waals surface area contributed by atoms with Gasteiger partial charge < -0.3 is 10.5 Å². The van der Waals surface area contributed by atoms with E-state index >= 15 is 0 Å². The second kappa shape index (κ2) is 6.74. The maximum Gasteiger partial charge on any atom is 0.133 e. The Morgan fingerprint density at radius 2 is 1.90 bits per heavy atom. The Balaban J connectivity index is 2.21. The lowest BCUT2D eigenvalue weighted by Gasteiger charge is -2.16. The van der Waals surface area contributed by atoms with Crippen LogP contribution in [-0.2, 0) is 6.42 Å². The van der Waals surface area contributed by atoms with Gasteiger partial charge in [0.2, 0.25) is 0 Å². The number of rotatable bonds is 4. The normalized spacial score (nSPS) is 12.2. The molecule has 0 heterocycles. The molecule has 20 heavy (non-hydrogen) atoms. The van der Waals surface area contributed by atoms with E-state index in [2.05, 4.69) is 63.0 Å². The van der Waals surface area contributed by atoms with Gasteiger partial charge in [-0.25, -0.2) is 0 Å². The van der Waals surface area contributed by atoms with Gasteiger partial charge in [-0.3, -0.25) is 0 Å². The lowest BCUT2D eigenvalue weighted by Crippen LogP contribution is -2.14. The fourth-order valence-corrected chi connectivity index (χ4v) is 3.18. The molecule has 0 amide bonds. The number of hydrogen-bond acceptors (Lipinski definition) is 2. The van der Waals surface area contributed by atoms with Gasteiger partial charge in [-0.05, 0) is 70.2 Å². The monoisotopic (exact) mass is 397 g/mol. The van der Waals surface area contributed by atoms with Gasteiger partial charge in [0.15, 0.2) is 0 Å². The SMILES string of the molecule is COc1ccc(CC(N)c2cc(Br)ccc2C)cc1Br. The van der Waals surface area contributed by atoms with E-state index < -0.39 is 0 Å². The smallest absolute Gasteiger partial charge is 0.133 e. The van der Waals surface area contributed by atoms with Crippen LogP contribution in [-0.4, -0.2) is 7.11 Å². The van der Waals surface area contributed by atoms with Gasteiger partial charge in [0.1, 0.15) is 5.75 Å². The van der Waals surface area contributed by atoms with Gasteiger partial charge in [0, 0.05) is 10.5 Å². The first-order valence-electron chi connectivity index (χ1n) is 6.35. The van der Waals surface area contributed by atoms with E-state index in [-0.39, 0.29) is 6.04 Å². The minimum atomic E-state index is -0.0206. The first-order chi connectivity index (χ1) is 9.51. The highest BCUT2D eigenvalue weighted by atomic mass is 79.9. The quantitative estimate of drug-likeness (QED) is 0.804. The van der Waals surface area contributed by atoms with E-state index in [0.29, 0.717) is 0 Å². The van der Waals surface area contributed by atoms with Crippen LogP contribution >= 0.6 is 31.9 Å². The molecule has 2 N–H and O–H groups in total. The first-order valence-corrected chi connectivity index (χ1v) is 7.94. The summed E-state index contributed by atoms with van der Waals surface area (Å²) in [5.41, 5.74) is 9.92. The van der Waals surface area contributed by atoms with Crippen molar-refractivity contribution < 1.29 is 4.74 Å². The van der Waals surface area contributed by atoms with Crippen molar-refractivity contribution in [1.82, 2.24) is 0 Å². The van der Waals surface area contributed by atoms with Gasteiger partial charge in [-0.2, -0.15) is 0 Å². The second-order valence-corrected chi connectivity index (χ2v) is 6.55. The van der Waals surface area contributed by atoms with Gasteiger partial charge in [-0.15, -0.1) is 0 Å². The Bertz CT molecular complexity index is 613. The van der Waals surface area contributed by atoms with Crippen LogP contribution in [0.25, 0.3) is 0 Å². The topological polar surface area (TPSA) is 35.2 Å². The molecule has 106 valence electrons. The van der Waals surface area contributed by atoms with Crippen molar-refractivity contribution in [2.24, 2.45) is 5.73 Å². The zero-order valence-electron chi connectivity index (χ0n) is 11.5. The lowest BCUT2D eigenvalue weighted by molar-refractivity contribution is 0.412. The molecule has 0 saturated carbocycles. The molecule has 0 bridgehead atoms. The molecule has 4 heteroatoms. The van der Waals surface area contributed by atoms with Crippen LogP contribution in [0.1, 0.15) is 22.7 Å². The molecular weight excluding hydrogens is 382 g/mol. The number of aryl methyl sites for hydroxylation is 1. The minimum Gasteiger partial charge on any atom is -0.496 e. The maximum atomic E-state index is 6.35. The van der Waals surface area contributed by atoms with Crippen molar-refractivity contribution in [2.75, 3.05) is 7.11 Å². The van der Waals surface area contributed by atoms with Crippen LogP contribution < -0.4 is 10.5 Å². The van der Waals surface area contributed by atoms with E-state index in [1.165, 1.54) is 16.7 Å². The zero-order valence-corrected chi connectivity index (χ0v) is 14.7. The van der Waals surface area contributed by atoms with E-state index in [0.717, 1.165) is 21.1 Å². The summed E-state index contributed by atoms with van der Waals surface area (Å²) in [5, 5.41) is 0. The van der Waals surface area contributed by atoms with Crippen molar-refractivity contribution in [1.29, 1.82) is 0 Å². The Labute approximate surface area is 136 Å². The van der Waals surface area contributed by atoms with E-state index in [1.54, 1.807) is 7.11 Å². The number of halogens is 2. The molecule has 0 aliphatic carbocycles. The van der Waals surface area contributed by atoms with Gasteiger partial charge in [-0.1, -0.05) is 28.1 Å². The third-order valence-electron chi connectivity index (χ3n) is 3.31. The molecule has 2 rings (SSSR count). The number of nitrogens with two attached hydrogens (primary N) is 1. The van der Waals surface area contributed by atoms with Crippen LogP contribution in [0.5, 0.6) is 5.75 Å². The van der Waals surface area contributed by atoms with Crippen LogP contribution in [0.3, 0.4) is 0 Å². The Morgan fingerprint density at radius 1 is 1.15 bits per heavy atom. The molecule has 0 fully saturated rings. The number of ether oxygens (including phenoxy) is 1. The summed E-state index contributed by atoms with van der Waals surface area (Å²) in [5.74, 6) is 0.834. The van der Waals surface area contributed by atoms with Gasteiger partial charge in [0.05, 0.1) is 11.6 Å². The molecule has 1 atom stereocenters. The van der Waals surface area contributed by atoms with E-state index in [1.807, 2.05) is 12.1 Å². The summed E-state index contributed by atoms with van der Waals surface area (Å²) < 4.78 is 7.25. The van der Waals surface area contributed by atoms with Crippen LogP contribution in [0.4, 0.5) is 0 Å². The first kappa shape index (κ1) is 15.5. The predicted molar refractivity (Wildman–Crippen MR) is 90.2 cm³/mol.